The van der Waals surface area contributed by atoms with Crippen LogP contribution in [0.5, 0.6) is 0 Å². The Morgan fingerprint density at radius 3 is 2.68 bits per heavy atom. The number of aromatic nitrogens is 3. The lowest BCUT2D eigenvalue weighted by Gasteiger charge is -2.14. The molecule has 1 saturated heterocycles. The second-order valence-electron chi connectivity index (χ2n) is 9.17. The third-order valence-electron chi connectivity index (χ3n) is 6.56. The van der Waals surface area contributed by atoms with E-state index in [2.05, 4.69) is 43.2 Å². The lowest BCUT2D eigenvalue weighted by molar-refractivity contribution is 0.102. The minimum atomic E-state index is -0.211. The molecule has 1 aliphatic rings. The number of nitrogens with one attached hydrogen (secondary N) is 2. The highest BCUT2D eigenvalue weighted by molar-refractivity contribution is 7.14. The molecule has 8 nitrogen and oxygen atoms in total. The number of para-hydroxylation sites is 2. The SMILES string of the molecule is Nc1ccccc1NC(=O)c1ccc(Nc2nc(-c3cnc4cc(CN5CCCC5)ccn34)cs2)cc1. The summed E-state index contributed by atoms with van der Waals surface area (Å²) in [5, 5.41) is 8.97. The van der Waals surface area contributed by atoms with Crippen LogP contribution in [0.3, 0.4) is 0 Å². The first-order valence-electron chi connectivity index (χ1n) is 12.3. The van der Waals surface area contributed by atoms with Crippen molar-refractivity contribution in [2.24, 2.45) is 0 Å². The number of rotatable bonds is 7. The van der Waals surface area contributed by atoms with Crippen LogP contribution >= 0.6 is 11.3 Å². The van der Waals surface area contributed by atoms with E-state index in [0.717, 1.165) is 34.4 Å². The maximum atomic E-state index is 12.6. The molecule has 0 saturated carbocycles. The minimum Gasteiger partial charge on any atom is -0.397 e. The van der Waals surface area contributed by atoms with Crippen molar-refractivity contribution in [3.8, 4) is 11.4 Å². The number of hydrogen-bond acceptors (Lipinski definition) is 7. The monoisotopic (exact) mass is 509 g/mol. The fourth-order valence-electron chi connectivity index (χ4n) is 4.59. The Kier molecular flexibility index (Phi) is 6.30. The van der Waals surface area contributed by atoms with Crippen molar-refractivity contribution in [2.75, 3.05) is 29.5 Å². The molecule has 4 heterocycles. The first-order valence-corrected chi connectivity index (χ1v) is 13.2. The van der Waals surface area contributed by atoms with Crippen LogP contribution in [0.15, 0.2) is 78.4 Å². The first-order chi connectivity index (χ1) is 18.1. The third kappa shape index (κ3) is 5.04. The highest BCUT2D eigenvalue weighted by Crippen LogP contribution is 2.28. The van der Waals surface area contributed by atoms with Gasteiger partial charge in [0.25, 0.3) is 5.91 Å². The standard InChI is InChI=1S/C28H27N7OS/c29-22-5-1-2-6-23(22)32-27(36)20-7-9-21(10-8-20)31-28-33-24(18-37-28)25-16-30-26-15-19(11-14-35(25)26)17-34-12-3-4-13-34/h1-2,5-11,14-16,18H,3-4,12-13,17,29H2,(H,31,33)(H,32,36). The summed E-state index contributed by atoms with van der Waals surface area (Å²) in [7, 11) is 0. The average molecular weight is 510 g/mol. The molecule has 1 fully saturated rings. The van der Waals surface area contributed by atoms with Crippen molar-refractivity contribution in [1.29, 1.82) is 0 Å². The molecule has 4 N–H and O–H groups in total. The van der Waals surface area contributed by atoms with Gasteiger partial charge in [0.2, 0.25) is 0 Å². The summed E-state index contributed by atoms with van der Waals surface area (Å²) in [4.78, 5) is 24.5. The van der Waals surface area contributed by atoms with Crippen molar-refractivity contribution in [3.05, 3.63) is 89.6 Å². The van der Waals surface area contributed by atoms with E-state index in [0.29, 0.717) is 16.9 Å². The van der Waals surface area contributed by atoms with Crippen LogP contribution in [-0.2, 0) is 6.54 Å². The molecule has 9 heteroatoms. The van der Waals surface area contributed by atoms with E-state index in [1.165, 1.54) is 42.8 Å². The number of anilines is 4. The van der Waals surface area contributed by atoms with Gasteiger partial charge in [0.05, 0.1) is 23.3 Å². The first kappa shape index (κ1) is 23.2. The Labute approximate surface area is 218 Å². The molecule has 0 aliphatic carbocycles. The fraction of sp³-hybridized carbons (Fsp3) is 0.179. The number of likely N-dealkylation sites (tertiary alicyclic amines) is 1. The van der Waals surface area contributed by atoms with Gasteiger partial charge in [-0.05, 0) is 80.0 Å². The summed E-state index contributed by atoms with van der Waals surface area (Å²) in [6.45, 7) is 3.33. The maximum absolute atomic E-state index is 12.6. The van der Waals surface area contributed by atoms with Gasteiger partial charge in [-0.3, -0.25) is 14.1 Å². The highest BCUT2D eigenvalue weighted by atomic mass is 32.1. The zero-order chi connectivity index (χ0) is 25.2. The molecular formula is C28H27N7OS. The van der Waals surface area contributed by atoms with E-state index in [1.54, 1.807) is 24.3 Å². The van der Waals surface area contributed by atoms with Gasteiger partial charge in [-0.1, -0.05) is 12.1 Å². The van der Waals surface area contributed by atoms with Crippen molar-refractivity contribution >= 4 is 45.1 Å². The predicted molar refractivity (Wildman–Crippen MR) is 149 cm³/mol. The van der Waals surface area contributed by atoms with E-state index in [-0.39, 0.29) is 5.91 Å². The van der Waals surface area contributed by atoms with Gasteiger partial charge >= 0.3 is 0 Å². The van der Waals surface area contributed by atoms with Gasteiger partial charge in [0.15, 0.2) is 5.13 Å². The molecule has 1 amide bonds. The van der Waals surface area contributed by atoms with Crippen LogP contribution < -0.4 is 16.4 Å². The van der Waals surface area contributed by atoms with Gasteiger partial charge in [-0.25, -0.2) is 9.97 Å². The fourth-order valence-corrected chi connectivity index (χ4v) is 5.32. The quantitative estimate of drug-likeness (QED) is 0.246. The molecule has 1 aliphatic heterocycles. The summed E-state index contributed by atoms with van der Waals surface area (Å²) in [6, 6.07) is 18.8. The molecule has 6 rings (SSSR count). The number of nitrogen functional groups attached to an aromatic ring is 1. The molecule has 0 bridgehead atoms. The van der Waals surface area contributed by atoms with Crippen molar-refractivity contribution in [1.82, 2.24) is 19.3 Å². The molecule has 2 aromatic carbocycles. The van der Waals surface area contributed by atoms with Gasteiger partial charge < -0.3 is 16.4 Å². The number of benzene rings is 2. The molecule has 0 spiro atoms. The second-order valence-corrected chi connectivity index (χ2v) is 10.0. The molecule has 37 heavy (non-hydrogen) atoms. The summed E-state index contributed by atoms with van der Waals surface area (Å²) >= 11 is 1.53. The number of nitrogens with zero attached hydrogens (tertiary/aromatic N) is 4. The van der Waals surface area contributed by atoms with Crippen LogP contribution in [0.4, 0.5) is 22.2 Å². The van der Waals surface area contributed by atoms with Gasteiger partial charge in [-0.15, -0.1) is 11.3 Å². The Balaban J connectivity index is 1.13. The molecule has 0 radical (unpaired) electrons. The largest absolute Gasteiger partial charge is 0.397 e. The summed E-state index contributed by atoms with van der Waals surface area (Å²) in [5.41, 5.74) is 12.5. The van der Waals surface area contributed by atoms with Gasteiger partial charge in [0, 0.05) is 29.4 Å². The van der Waals surface area contributed by atoms with Crippen LogP contribution in [-0.4, -0.2) is 38.3 Å². The van der Waals surface area contributed by atoms with Crippen LogP contribution in [0, 0.1) is 0 Å². The molecule has 5 aromatic rings. The topological polar surface area (TPSA) is 101 Å². The number of fused-ring (bicyclic) bond motifs is 1. The van der Waals surface area contributed by atoms with E-state index in [9.17, 15) is 4.79 Å². The smallest absolute Gasteiger partial charge is 0.255 e. The average Bonchev–Trinajstić information content (AvgIpc) is 3.67. The van der Waals surface area contributed by atoms with E-state index < -0.39 is 0 Å². The number of carbonyl (C=O) groups excluding carboxylic acids is 1. The van der Waals surface area contributed by atoms with Crippen LogP contribution in [0.25, 0.3) is 17.0 Å². The molecule has 186 valence electrons. The molecule has 0 unspecified atom stereocenters. The Hall–Kier alpha value is -4.21. The molecule has 0 atom stereocenters. The zero-order valence-electron chi connectivity index (χ0n) is 20.2. The van der Waals surface area contributed by atoms with Gasteiger partial charge in [0.1, 0.15) is 11.3 Å². The maximum Gasteiger partial charge on any atom is 0.255 e. The van der Waals surface area contributed by atoms with Crippen molar-refractivity contribution < 1.29 is 4.79 Å². The lowest BCUT2D eigenvalue weighted by atomic mass is 10.2. The van der Waals surface area contributed by atoms with Crippen molar-refractivity contribution in [3.63, 3.8) is 0 Å². The third-order valence-corrected chi connectivity index (χ3v) is 7.31. The van der Waals surface area contributed by atoms with E-state index in [4.69, 9.17) is 10.7 Å². The number of pyridine rings is 1. The number of carbonyl (C=O) groups is 1. The number of amides is 1. The number of imidazole rings is 1. The Morgan fingerprint density at radius 1 is 1.05 bits per heavy atom. The zero-order valence-corrected chi connectivity index (χ0v) is 21.0. The highest BCUT2D eigenvalue weighted by Gasteiger charge is 2.14. The Bertz CT molecular complexity index is 1550. The number of hydrogen-bond donors (Lipinski definition) is 3. The minimum absolute atomic E-state index is 0.211. The summed E-state index contributed by atoms with van der Waals surface area (Å²) in [6.07, 6.45) is 6.54. The lowest BCUT2D eigenvalue weighted by Crippen LogP contribution is -2.18. The molecule has 3 aromatic heterocycles. The van der Waals surface area contributed by atoms with Crippen LogP contribution in [0.1, 0.15) is 28.8 Å². The normalized spacial score (nSPS) is 13.7. The Morgan fingerprint density at radius 2 is 1.86 bits per heavy atom. The molecular weight excluding hydrogens is 482 g/mol. The summed E-state index contributed by atoms with van der Waals surface area (Å²) < 4.78 is 2.08. The number of thiazole rings is 1. The van der Waals surface area contributed by atoms with Crippen LogP contribution in [0.2, 0.25) is 0 Å². The second kappa shape index (κ2) is 10.0. The predicted octanol–water partition coefficient (Wildman–Crippen LogP) is 5.63. The van der Waals surface area contributed by atoms with Crippen molar-refractivity contribution in [2.45, 2.75) is 19.4 Å². The van der Waals surface area contributed by atoms with Gasteiger partial charge in [-0.2, -0.15) is 0 Å². The number of nitrogens with two attached hydrogens (primary N) is 1. The summed E-state index contributed by atoms with van der Waals surface area (Å²) in [5.74, 6) is -0.211. The van der Waals surface area contributed by atoms with E-state index >= 15 is 0 Å². The van der Waals surface area contributed by atoms with E-state index in [1.807, 2.05) is 35.8 Å².